The number of carbonyl (C=O) groups is 1. The molecule has 0 saturated carbocycles. The van der Waals surface area contributed by atoms with Crippen molar-refractivity contribution in [1.29, 1.82) is 0 Å². The van der Waals surface area contributed by atoms with Crippen molar-refractivity contribution in [2.24, 2.45) is 5.16 Å². The first-order valence-corrected chi connectivity index (χ1v) is 10.6. The molecule has 0 aliphatic carbocycles. The van der Waals surface area contributed by atoms with Gasteiger partial charge in [0.1, 0.15) is 5.82 Å². The van der Waals surface area contributed by atoms with E-state index in [-0.39, 0.29) is 17.8 Å². The van der Waals surface area contributed by atoms with E-state index in [0.717, 1.165) is 22.5 Å². The average Bonchev–Trinajstić information content (AvgIpc) is 3.28. The van der Waals surface area contributed by atoms with Gasteiger partial charge < -0.3 is 14.6 Å². The summed E-state index contributed by atoms with van der Waals surface area (Å²) in [5.74, 6) is -0.533. The predicted octanol–water partition coefficient (Wildman–Crippen LogP) is 4.73. The van der Waals surface area contributed by atoms with Crippen molar-refractivity contribution >= 4 is 17.3 Å². The molecule has 1 heterocycles. The van der Waals surface area contributed by atoms with Crippen LogP contribution >= 0.6 is 0 Å². The Morgan fingerprint density at radius 2 is 1.69 bits per heavy atom. The van der Waals surface area contributed by atoms with Crippen molar-refractivity contribution < 1.29 is 14.0 Å². The van der Waals surface area contributed by atoms with Gasteiger partial charge in [0.05, 0.1) is 12.3 Å². The number of hydrogen-bond donors (Lipinski definition) is 0. The zero-order valence-corrected chi connectivity index (χ0v) is 18.2. The highest BCUT2D eigenvalue weighted by Crippen LogP contribution is 2.22. The topological polar surface area (TPSA) is 45.1 Å². The maximum Gasteiger partial charge on any atom is 0.254 e. The smallest absolute Gasteiger partial charge is 0.254 e. The van der Waals surface area contributed by atoms with Gasteiger partial charge in [0.15, 0.2) is 6.10 Å². The molecule has 164 valence electrons. The van der Waals surface area contributed by atoms with Gasteiger partial charge in [-0.15, -0.1) is 0 Å². The maximum absolute atomic E-state index is 13.3. The van der Waals surface area contributed by atoms with E-state index in [1.54, 1.807) is 4.90 Å². The number of halogens is 1. The summed E-state index contributed by atoms with van der Waals surface area (Å²) < 4.78 is 13.3. The third-order valence-electron chi connectivity index (χ3n) is 5.47. The average molecular weight is 432 g/mol. The Kier molecular flexibility index (Phi) is 6.50. The molecule has 1 aliphatic rings. The molecular formula is C26H26FN3O2. The minimum Gasteiger partial charge on any atom is -0.390 e. The Hall–Kier alpha value is -3.67. The number of anilines is 1. The van der Waals surface area contributed by atoms with Crippen molar-refractivity contribution in [3.8, 4) is 0 Å². The Labute approximate surface area is 187 Å². The molecule has 6 heteroatoms. The van der Waals surface area contributed by atoms with E-state index in [9.17, 15) is 9.18 Å². The summed E-state index contributed by atoms with van der Waals surface area (Å²) in [6, 6.07) is 23.6. The minimum absolute atomic E-state index is 0.166. The monoisotopic (exact) mass is 431 g/mol. The first-order valence-electron chi connectivity index (χ1n) is 10.6. The molecule has 0 bridgehead atoms. The highest BCUT2D eigenvalue weighted by atomic mass is 19.1. The van der Waals surface area contributed by atoms with E-state index >= 15 is 0 Å². The molecule has 4 rings (SSSR count). The Balaban J connectivity index is 1.47. The number of carbonyl (C=O) groups excluding carboxylic acids is 1. The summed E-state index contributed by atoms with van der Waals surface area (Å²) in [7, 11) is 4.00. The van der Waals surface area contributed by atoms with Gasteiger partial charge in [0.2, 0.25) is 0 Å². The molecule has 1 atom stereocenters. The number of amides is 1. The van der Waals surface area contributed by atoms with Crippen LogP contribution in [-0.4, -0.2) is 43.3 Å². The second kappa shape index (κ2) is 9.64. The van der Waals surface area contributed by atoms with Gasteiger partial charge in [-0.25, -0.2) is 4.39 Å². The summed E-state index contributed by atoms with van der Waals surface area (Å²) in [5, 5.41) is 4.28. The molecule has 0 fully saturated rings. The normalized spacial score (nSPS) is 15.1. The van der Waals surface area contributed by atoms with Crippen molar-refractivity contribution in [3.05, 3.63) is 101 Å². The second-order valence-electron chi connectivity index (χ2n) is 8.09. The fourth-order valence-corrected chi connectivity index (χ4v) is 3.69. The Bertz CT molecular complexity index is 1080. The molecule has 0 aromatic heterocycles. The fraction of sp³-hybridized carbons (Fsp3) is 0.231. The molecule has 1 aliphatic heterocycles. The molecule has 0 saturated heterocycles. The molecule has 0 radical (unpaired) electrons. The zero-order chi connectivity index (χ0) is 22.5. The zero-order valence-electron chi connectivity index (χ0n) is 18.2. The minimum atomic E-state index is -0.367. The predicted molar refractivity (Wildman–Crippen MR) is 124 cm³/mol. The summed E-state index contributed by atoms with van der Waals surface area (Å²) in [5.41, 5.74) is 4.46. The largest absolute Gasteiger partial charge is 0.390 e. The van der Waals surface area contributed by atoms with Crippen LogP contribution in [0.1, 0.15) is 27.9 Å². The van der Waals surface area contributed by atoms with E-state index in [1.165, 1.54) is 24.3 Å². The number of nitrogens with zero attached hydrogens (tertiary/aromatic N) is 3. The van der Waals surface area contributed by atoms with Gasteiger partial charge in [0, 0.05) is 38.3 Å². The lowest BCUT2D eigenvalue weighted by Crippen LogP contribution is -2.37. The van der Waals surface area contributed by atoms with Crippen LogP contribution in [0.2, 0.25) is 0 Å². The van der Waals surface area contributed by atoms with Crippen LogP contribution in [-0.2, 0) is 11.4 Å². The van der Waals surface area contributed by atoms with Crippen molar-refractivity contribution in [1.82, 2.24) is 4.90 Å². The standard InChI is InChI=1S/C26H26FN3O2/c1-29(2)23-14-10-20(11-15-23)25-16-24(32-28-25)18-30(17-19-6-4-3-5-7-19)26(31)21-8-12-22(27)13-9-21/h3-15,24H,16-18H2,1-2H3. The molecule has 3 aromatic rings. The maximum atomic E-state index is 13.3. The molecule has 1 amide bonds. The fourth-order valence-electron chi connectivity index (χ4n) is 3.69. The lowest BCUT2D eigenvalue weighted by molar-refractivity contribution is 0.0405. The third kappa shape index (κ3) is 5.14. The van der Waals surface area contributed by atoms with Crippen molar-refractivity contribution in [3.63, 3.8) is 0 Å². The van der Waals surface area contributed by atoms with Crippen molar-refractivity contribution in [2.45, 2.75) is 19.1 Å². The van der Waals surface area contributed by atoms with E-state index in [0.29, 0.717) is 25.1 Å². The van der Waals surface area contributed by atoms with Crippen LogP contribution in [0.15, 0.2) is 84.0 Å². The molecule has 3 aromatic carbocycles. The summed E-state index contributed by atoms with van der Waals surface area (Å²) in [4.78, 5) is 22.7. The number of oxime groups is 1. The van der Waals surface area contributed by atoms with Gasteiger partial charge in [-0.1, -0.05) is 47.6 Å². The molecule has 0 N–H and O–H groups in total. The van der Waals surface area contributed by atoms with Crippen molar-refractivity contribution in [2.75, 3.05) is 25.5 Å². The van der Waals surface area contributed by atoms with E-state index in [2.05, 4.69) is 5.16 Å². The van der Waals surface area contributed by atoms with E-state index in [1.807, 2.05) is 73.6 Å². The molecule has 0 spiro atoms. The first kappa shape index (κ1) is 21.6. The van der Waals surface area contributed by atoms with Crippen LogP contribution in [0, 0.1) is 5.82 Å². The molecule has 32 heavy (non-hydrogen) atoms. The van der Waals surface area contributed by atoms with Crippen LogP contribution in [0.5, 0.6) is 0 Å². The Morgan fingerprint density at radius 3 is 2.34 bits per heavy atom. The number of hydrogen-bond acceptors (Lipinski definition) is 4. The number of benzene rings is 3. The van der Waals surface area contributed by atoms with Gasteiger partial charge in [-0.3, -0.25) is 4.79 Å². The van der Waals surface area contributed by atoms with Gasteiger partial charge >= 0.3 is 0 Å². The Morgan fingerprint density at radius 1 is 1.00 bits per heavy atom. The SMILES string of the molecule is CN(C)c1ccc(C2=NOC(CN(Cc3ccccc3)C(=O)c3ccc(F)cc3)C2)cc1. The lowest BCUT2D eigenvalue weighted by Gasteiger charge is -2.25. The van der Waals surface area contributed by atoms with E-state index in [4.69, 9.17) is 4.84 Å². The van der Waals surface area contributed by atoms with Gasteiger partial charge in [-0.05, 0) is 47.5 Å². The van der Waals surface area contributed by atoms with Crippen LogP contribution in [0.4, 0.5) is 10.1 Å². The summed E-state index contributed by atoms with van der Waals surface area (Å²) in [6.45, 7) is 0.817. The lowest BCUT2D eigenvalue weighted by atomic mass is 10.0. The molecule has 1 unspecified atom stereocenters. The summed E-state index contributed by atoms with van der Waals surface area (Å²) >= 11 is 0. The first-order chi connectivity index (χ1) is 15.5. The highest BCUT2D eigenvalue weighted by Gasteiger charge is 2.27. The molecule has 5 nitrogen and oxygen atoms in total. The summed E-state index contributed by atoms with van der Waals surface area (Å²) in [6.07, 6.45) is 0.371. The van der Waals surface area contributed by atoms with Crippen LogP contribution in [0.25, 0.3) is 0 Å². The third-order valence-corrected chi connectivity index (χ3v) is 5.47. The highest BCUT2D eigenvalue weighted by molar-refractivity contribution is 6.01. The van der Waals surface area contributed by atoms with E-state index < -0.39 is 0 Å². The quantitative estimate of drug-likeness (QED) is 0.543. The van der Waals surface area contributed by atoms with Crippen LogP contribution < -0.4 is 4.90 Å². The van der Waals surface area contributed by atoms with Gasteiger partial charge in [0.25, 0.3) is 5.91 Å². The molecular weight excluding hydrogens is 405 g/mol. The van der Waals surface area contributed by atoms with Crippen LogP contribution in [0.3, 0.4) is 0 Å². The van der Waals surface area contributed by atoms with Gasteiger partial charge in [-0.2, -0.15) is 0 Å². The number of rotatable bonds is 7. The second-order valence-corrected chi connectivity index (χ2v) is 8.09.